The molecule has 0 aromatic heterocycles. The summed E-state index contributed by atoms with van der Waals surface area (Å²) in [5, 5.41) is 4.44. The fraction of sp³-hybridized carbons (Fsp3) is 0.600. The highest BCUT2D eigenvalue weighted by Gasteiger charge is 2.19. The van der Waals surface area contributed by atoms with Crippen LogP contribution < -0.4 is 10.2 Å². The van der Waals surface area contributed by atoms with E-state index in [2.05, 4.69) is 38.2 Å². The number of benzene rings is 1. The van der Waals surface area contributed by atoms with Crippen molar-refractivity contribution in [3.05, 3.63) is 29.3 Å². The van der Waals surface area contributed by atoms with Gasteiger partial charge in [0.2, 0.25) is 0 Å². The van der Waals surface area contributed by atoms with Gasteiger partial charge in [-0.05, 0) is 31.9 Å². The van der Waals surface area contributed by atoms with Crippen LogP contribution in [0.3, 0.4) is 0 Å². The number of unbranched alkanes of at least 4 members (excludes halogenated alkanes) is 3. The lowest BCUT2D eigenvalue weighted by atomic mass is 9.87. The first-order chi connectivity index (χ1) is 11.3. The molecule has 0 saturated heterocycles. The normalized spacial score (nSPS) is 12.2. The Balaban J connectivity index is 2.83. The molecule has 0 aliphatic carbocycles. The van der Waals surface area contributed by atoms with Crippen LogP contribution in [0.2, 0.25) is 0 Å². The number of rotatable bonds is 8. The maximum absolute atomic E-state index is 12.5. The second-order valence-corrected chi connectivity index (χ2v) is 7.19. The minimum Gasteiger partial charge on any atom is -0.496 e. The van der Waals surface area contributed by atoms with Crippen LogP contribution in [-0.2, 0) is 0 Å². The Morgan fingerprint density at radius 2 is 1.92 bits per heavy atom. The van der Waals surface area contributed by atoms with Crippen molar-refractivity contribution in [2.24, 2.45) is 10.5 Å². The number of carbonyl (C=O) groups excluding carboxylic acids is 1. The van der Waals surface area contributed by atoms with Gasteiger partial charge in [-0.25, -0.2) is 5.43 Å². The molecule has 1 N–H and O–H groups in total. The monoisotopic (exact) mass is 332 g/mol. The summed E-state index contributed by atoms with van der Waals surface area (Å²) in [4.78, 5) is 12.5. The highest BCUT2D eigenvalue weighted by Crippen LogP contribution is 2.22. The van der Waals surface area contributed by atoms with Crippen molar-refractivity contribution in [3.8, 4) is 5.75 Å². The van der Waals surface area contributed by atoms with Gasteiger partial charge in [-0.3, -0.25) is 4.79 Å². The smallest absolute Gasteiger partial charge is 0.271 e. The van der Waals surface area contributed by atoms with Gasteiger partial charge >= 0.3 is 0 Å². The minimum atomic E-state index is -0.193. The number of nitrogens with zero attached hydrogens (tertiary/aromatic N) is 1. The van der Waals surface area contributed by atoms with Gasteiger partial charge in [-0.1, -0.05) is 53.0 Å². The summed E-state index contributed by atoms with van der Waals surface area (Å²) in [7, 11) is 1.61. The molecule has 0 saturated carbocycles. The molecule has 1 rings (SSSR count). The number of hydrazone groups is 1. The van der Waals surface area contributed by atoms with Crippen LogP contribution >= 0.6 is 0 Å². The molecule has 0 aliphatic rings. The van der Waals surface area contributed by atoms with Crippen LogP contribution in [0.1, 0.15) is 75.7 Å². The van der Waals surface area contributed by atoms with Crippen molar-refractivity contribution < 1.29 is 9.53 Å². The summed E-state index contributed by atoms with van der Waals surface area (Å²) in [6.07, 6.45) is 5.69. The van der Waals surface area contributed by atoms with Crippen LogP contribution in [0.15, 0.2) is 23.3 Å². The zero-order valence-corrected chi connectivity index (χ0v) is 16.0. The molecule has 0 bridgehead atoms. The lowest BCUT2D eigenvalue weighted by molar-refractivity contribution is 0.0953. The highest BCUT2D eigenvalue weighted by molar-refractivity contribution is 5.97. The van der Waals surface area contributed by atoms with E-state index in [1.54, 1.807) is 13.2 Å². The lowest BCUT2D eigenvalue weighted by Crippen LogP contribution is -2.27. The first kappa shape index (κ1) is 20.2. The Labute approximate surface area is 146 Å². The first-order valence-electron chi connectivity index (χ1n) is 8.82. The molecule has 0 unspecified atom stereocenters. The van der Waals surface area contributed by atoms with E-state index in [4.69, 9.17) is 4.74 Å². The Hall–Kier alpha value is -1.84. The van der Waals surface area contributed by atoms with Crippen molar-refractivity contribution in [2.75, 3.05) is 7.11 Å². The number of hydrogen-bond acceptors (Lipinski definition) is 3. The van der Waals surface area contributed by atoms with Gasteiger partial charge in [0.25, 0.3) is 5.91 Å². The quantitative estimate of drug-likeness (QED) is 0.409. The standard InChI is InChI=1S/C20H32N2O2/c1-7-8-9-10-14-18(20(3,4)5)21-22-19(23)16-12-11-13-17(24-6)15(16)2/h11-13H,7-10,14H2,1-6H3,(H,22,23). The molecule has 4 heteroatoms. The minimum absolute atomic E-state index is 0.0527. The second kappa shape index (κ2) is 9.45. The fourth-order valence-corrected chi connectivity index (χ4v) is 2.58. The van der Waals surface area contributed by atoms with E-state index in [1.165, 1.54) is 19.3 Å². The predicted molar refractivity (Wildman–Crippen MR) is 101 cm³/mol. The lowest BCUT2D eigenvalue weighted by Gasteiger charge is -2.21. The molecule has 1 aromatic rings. The van der Waals surface area contributed by atoms with E-state index >= 15 is 0 Å². The molecule has 0 heterocycles. The van der Waals surface area contributed by atoms with E-state index in [0.29, 0.717) is 11.3 Å². The number of hydrogen-bond donors (Lipinski definition) is 1. The summed E-state index contributed by atoms with van der Waals surface area (Å²) in [5.41, 5.74) is 5.14. The largest absolute Gasteiger partial charge is 0.496 e. The number of methoxy groups -OCH3 is 1. The molecular formula is C20H32N2O2. The number of amides is 1. The van der Waals surface area contributed by atoms with Gasteiger partial charge in [-0.2, -0.15) is 5.10 Å². The maximum atomic E-state index is 12.5. The Bertz CT molecular complexity index is 571. The van der Waals surface area contributed by atoms with Gasteiger partial charge in [0.15, 0.2) is 0 Å². The summed E-state index contributed by atoms with van der Waals surface area (Å²) >= 11 is 0. The average molecular weight is 332 g/mol. The second-order valence-electron chi connectivity index (χ2n) is 7.19. The zero-order chi connectivity index (χ0) is 18.2. The van der Waals surface area contributed by atoms with Crippen LogP contribution in [0.4, 0.5) is 0 Å². The van der Waals surface area contributed by atoms with E-state index in [1.807, 2.05) is 19.1 Å². The molecule has 4 nitrogen and oxygen atoms in total. The Morgan fingerprint density at radius 3 is 2.50 bits per heavy atom. The van der Waals surface area contributed by atoms with Crippen LogP contribution in [-0.4, -0.2) is 18.7 Å². The van der Waals surface area contributed by atoms with E-state index in [9.17, 15) is 4.79 Å². The molecule has 0 spiro atoms. The number of carbonyl (C=O) groups is 1. The SMILES string of the molecule is CCCCCCC(=NNC(=O)c1cccc(OC)c1C)C(C)(C)C. The number of nitrogens with one attached hydrogen (secondary N) is 1. The fourth-order valence-electron chi connectivity index (χ4n) is 2.58. The Kier molecular flexibility index (Phi) is 7.96. The first-order valence-corrected chi connectivity index (χ1v) is 8.82. The summed E-state index contributed by atoms with van der Waals surface area (Å²) in [5.74, 6) is 0.518. The molecule has 134 valence electrons. The van der Waals surface area contributed by atoms with Gasteiger partial charge in [0.1, 0.15) is 5.75 Å². The van der Waals surface area contributed by atoms with Crippen molar-refractivity contribution in [1.29, 1.82) is 0 Å². The third-order valence-corrected chi connectivity index (χ3v) is 4.17. The molecule has 0 radical (unpaired) electrons. The predicted octanol–water partition coefficient (Wildman–Crippen LogP) is 5.11. The topological polar surface area (TPSA) is 50.7 Å². The third kappa shape index (κ3) is 5.99. The third-order valence-electron chi connectivity index (χ3n) is 4.17. The van der Waals surface area contributed by atoms with Crippen LogP contribution in [0, 0.1) is 12.3 Å². The van der Waals surface area contributed by atoms with E-state index in [0.717, 1.165) is 24.1 Å². The maximum Gasteiger partial charge on any atom is 0.271 e. The molecule has 24 heavy (non-hydrogen) atoms. The van der Waals surface area contributed by atoms with Gasteiger partial charge in [0.05, 0.1) is 7.11 Å². The van der Waals surface area contributed by atoms with Crippen LogP contribution in [0.5, 0.6) is 5.75 Å². The van der Waals surface area contributed by atoms with Gasteiger partial charge < -0.3 is 4.74 Å². The average Bonchev–Trinajstić information content (AvgIpc) is 2.52. The van der Waals surface area contributed by atoms with Crippen molar-refractivity contribution in [2.45, 2.75) is 66.7 Å². The molecular weight excluding hydrogens is 300 g/mol. The van der Waals surface area contributed by atoms with Gasteiger partial charge in [0, 0.05) is 22.3 Å². The van der Waals surface area contributed by atoms with Gasteiger partial charge in [-0.15, -0.1) is 0 Å². The Morgan fingerprint density at radius 1 is 1.21 bits per heavy atom. The highest BCUT2D eigenvalue weighted by atomic mass is 16.5. The van der Waals surface area contributed by atoms with E-state index < -0.39 is 0 Å². The van der Waals surface area contributed by atoms with Crippen molar-refractivity contribution >= 4 is 11.6 Å². The summed E-state index contributed by atoms with van der Waals surface area (Å²) in [6.45, 7) is 10.5. The molecule has 0 atom stereocenters. The molecule has 0 aliphatic heterocycles. The molecule has 0 fully saturated rings. The zero-order valence-electron chi connectivity index (χ0n) is 16.0. The van der Waals surface area contributed by atoms with E-state index in [-0.39, 0.29) is 11.3 Å². The summed E-state index contributed by atoms with van der Waals surface area (Å²) in [6, 6.07) is 5.46. The number of ether oxygens (including phenoxy) is 1. The molecule has 1 aromatic carbocycles. The van der Waals surface area contributed by atoms with Crippen molar-refractivity contribution in [1.82, 2.24) is 5.43 Å². The van der Waals surface area contributed by atoms with Crippen LogP contribution in [0.25, 0.3) is 0 Å². The summed E-state index contributed by atoms with van der Waals surface area (Å²) < 4.78 is 5.28. The van der Waals surface area contributed by atoms with Crippen molar-refractivity contribution in [3.63, 3.8) is 0 Å². The molecule has 1 amide bonds.